The Kier molecular flexibility index (Phi) is 4.80. The predicted octanol–water partition coefficient (Wildman–Crippen LogP) is 1.77. The van der Waals surface area contributed by atoms with Gasteiger partial charge in [0.05, 0.1) is 22.6 Å². The number of rotatable bonds is 3. The summed E-state index contributed by atoms with van der Waals surface area (Å²) in [6.07, 6.45) is 6.92. The van der Waals surface area contributed by atoms with E-state index in [0.717, 1.165) is 18.9 Å². The van der Waals surface area contributed by atoms with E-state index in [1.165, 1.54) is 25.7 Å². The molecule has 2 saturated heterocycles. The van der Waals surface area contributed by atoms with Crippen LogP contribution in [0.2, 0.25) is 0 Å². The van der Waals surface area contributed by atoms with Crippen molar-refractivity contribution in [2.24, 2.45) is 0 Å². The number of nitrogens with one attached hydrogen (secondary N) is 1. The van der Waals surface area contributed by atoms with Crippen molar-refractivity contribution in [3.63, 3.8) is 0 Å². The monoisotopic (exact) mass is 351 g/mol. The van der Waals surface area contributed by atoms with Gasteiger partial charge in [-0.1, -0.05) is 12.8 Å². The number of aromatic nitrogens is 1. The molecule has 1 unspecified atom stereocenters. The van der Waals surface area contributed by atoms with Gasteiger partial charge in [0.1, 0.15) is 5.82 Å². The third-order valence-electron chi connectivity index (χ3n) is 4.86. The lowest BCUT2D eigenvalue weighted by Gasteiger charge is -2.24. The van der Waals surface area contributed by atoms with Crippen LogP contribution >= 0.6 is 0 Å². The third-order valence-corrected chi connectivity index (χ3v) is 6.76. The summed E-state index contributed by atoms with van der Waals surface area (Å²) in [5.74, 6) is 0.786. The number of amides is 1. The molecule has 0 radical (unpaired) electrons. The van der Waals surface area contributed by atoms with E-state index in [-0.39, 0.29) is 17.4 Å². The molecule has 1 N–H and O–H groups in total. The van der Waals surface area contributed by atoms with Crippen LogP contribution in [-0.2, 0) is 9.84 Å². The molecule has 3 heterocycles. The molecule has 1 atom stereocenters. The van der Waals surface area contributed by atoms with Crippen LogP contribution < -0.4 is 10.2 Å². The van der Waals surface area contributed by atoms with Gasteiger partial charge in [0.25, 0.3) is 5.91 Å². The highest BCUT2D eigenvalue weighted by molar-refractivity contribution is 7.91. The van der Waals surface area contributed by atoms with Crippen molar-refractivity contribution in [3.8, 4) is 0 Å². The second-order valence-corrected chi connectivity index (χ2v) is 9.35. The van der Waals surface area contributed by atoms with E-state index in [1.807, 2.05) is 6.07 Å². The maximum Gasteiger partial charge on any atom is 0.253 e. The topological polar surface area (TPSA) is 79.4 Å². The summed E-state index contributed by atoms with van der Waals surface area (Å²) < 4.78 is 23.3. The normalized spacial score (nSPS) is 26.8. The molecule has 1 aromatic rings. The number of pyridine rings is 1. The molecule has 1 aromatic heterocycles. The third kappa shape index (κ3) is 4.06. The van der Waals surface area contributed by atoms with Crippen molar-refractivity contribution in [1.82, 2.24) is 10.3 Å². The highest BCUT2D eigenvalue weighted by atomic mass is 32.2. The number of anilines is 1. The summed E-state index contributed by atoms with van der Waals surface area (Å²) in [5.41, 5.74) is -0.210. The second-order valence-electron chi connectivity index (χ2n) is 7.16. The number of carbonyl (C=O) groups excluding carboxylic acids is 1. The van der Waals surface area contributed by atoms with Crippen molar-refractivity contribution in [2.45, 2.75) is 44.6 Å². The minimum Gasteiger partial charge on any atom is -0.357 e. The Morgan fingerprint density at radius 1 is 1.21 bits per heavy atom. The zero-order chi connectivity index (χ0) is 17.2. The van der Waals surface area contributed by atoms with E-state index in [2.05, 4.69) is 15.2 Å². The average molecular weight is 351 g/mol. The maximum atomic E-state index is 12.4. The van der Waals surface area contributed by atoms with Gasteiger partial charge in [-0.25, -0.2) is 13.4 Å². The van der Waals surface area contributed by atoms with Crippen LogP contribution in [0.1, 0.15) is 49.4 Å². The Labute approximate surface area is 143 Å². The first-order chi connectivity index (χ1) is 11.4. The number of sulfone groups is 1. The fraction of sp³-hybridized carbons (Fsp3) is 0.647. The van der Waals surface area contributed by atoms with Gasteiger partial charge in [-0.05, 0) is 38.3 Å². The van der Waals surface area contributed by atoms with Crippen molar-refractivity contribution < 1.29 is 13.2 Å². The van der Waals surface area contributed by atoms with Gasteiger partial charge in [-0.2, -0.15) is 0 Å². The first-order valence-corrected chi connectivity index (χ1v) is 10.4. The van der Waals surface area contributed by atoms with Gasteiger partial charge in [0.2, 0.25) is 0 Å². The molecule has 24 heavy (non-hydrogen) atoms. The Morgan fingerprint density at radius 3 is 2.46 bits per heavy atom. The van der Waals surface area contributed by atoms with E-state index in [1.54, 1.807) is 19.2 Å². The van der Waals surface area contributed by atoms with E-state index in [9.17, 15) is 13.2 Å². The number of hydrogen-bond acceptors (Lipinski definition) is 5. The zero-order valence-corrected chi connectivity index (χ0v) is 14.9. The summed E-state index contributed by atoms with van der Waals surface area (Å²) in [7, 11) is -3.04. The van der Waals surface area contributed by atoms with E-state index < -0.39 is 15.4 Å². The van der Waals surface area contributed by atoms with Crippen LogP contribution in [0.25, 0.3) is 0 Å². The average Bonchev–Trinajstić information content (AvgIpc) is 2.73. The molecule has 2 fully saturated rings. The molecule has 132 valence electrons. The first-order valence-electron chi connectivity index (χ1n) is 8.61. The van der Waals surface area contributed by atoms with Gasteiger partial charge in [-0.3, -0.25) is 4.79 Å². The van der Waals surface area contributed by atoms with Gasteiger partial charge in [0, 0.05) is 19.3 Å². The van der Waals surface area contributed by atoms with Crippen LogP contribution in [0.3, 0.4) is 0 Å². The Morgan fingerprint density at radius 2 is 1.92 bits per heavy atom. The van der Waals surface area contributed by atoms with Crippen LogP contribution in [0.5, 0.6) is 0 Å². The summed E-state index contributed by atoms with van der Waals surface area (Å²) in [4.78, 5) is 19.1. The van der Waals surface area contributed by atoms with Crippen LogP contribution in [0.4, 0.5) is 5.82 Å². The Hall–Kier alpha value is -1.63. The number of carbonyl (C=O) groups is 1. The molecular weight excluding hydrogens is 326 g/mol. The Balaban J connectivity index is 1.65. The highest BCUT2D eigenvalue weighted by Crippen LogP contribution is 2.23. The zero-order valence-electron chi connectivity index (χ0n) is 14.1. The molecule has 0 saturated carbocycles. The lowest BCUT2D eigenvalue weighted by molar-refractivity contribution is 0.0915. The second kappa shape index (κ2) is 6.70. The largest absolute Gasteiger partial charge is 0.357 e. The summed E-state index contributed by atoms with van der Waals surface area (Å²) in [5, 5.41) is 2.86. The van der Waals surface area contributed by atoms with Gasteiger partial charge in [0.15, 0.2) is 9.84 Å². The van der Waals surface area contributed by atoms with E-state index >= 15 is 0 Å². The van der Waals surface area contributed by atoms with Gasteiger partial charge >= 0.3 is 0 Å². The summed E-state index contributed by atoms with van der Waals surface area (Å²) in [6.45, 7) is 3.80. The standard InChI is InChI=1S/C17H25N3O3S/c1-17(8-11-24(22,23)13-17)19-16(21)14-6-7-15(18-12-14)20-9-4-2-3-5-10-20/h6-7,12H,2-5,8-11,13H2,1H3,(H,19,21). The minimum atomic E-state index is -3.04. The van der Waals surface area contributed by atoms with Crippen LogP contribution in [-0.4, -0.2) is 49.4 Å². The SMILES string of the molecule is CC1(NC(=O)c2ccc(N3CCCCCC3)nc2)CCS(=O)(=O)C1. The molecule has 1 amide bonds. The van der Waals surface area contributed by atoms with Crippen molar-refractivity contribution in [1.29, 1.82) is 0 Å². The van der Waals surface area contributed by atoms with Gasteiger partial charge in [-0.15, -0.1) is 0 Å². The first kappa shape index (κ1) is 17.2. The molecule has 3 rings (SSSR count). The highest BCUT2D eigenvalue weighted by Gasteiger charge is 2.39. The fourth-order valence-corrected chi connectivity index (χ4v) is 5.56. The minimum absolute atomic E-state index is 0.00499. The van der Waals surface area contributed by atoms with Gasteiger partial charge < -0.3 is 10.2 Å². The van der Waals surface area contributed by atoms with Crippen LogP contribution in [0.15, 0.2) is 18.3 Å². The molecule has 6 nitrogen and oxygen atoms in total. The fourth-order valence-electron chi connectivity index (χ4n) is 3.46. The smallest absolute Gasteiger partial charge is 0.253 e. The molecule has 0 bridgehead atoms. The molecule has 7 heteroatoms. The molecule has 0 aromatic carbocycles. The summed E-state index contributed by atoms with van der Waals surface area (Å²) >= 11 is 0. The van der Waals surface area contributed by atoms with E-state index in [0.29, 0.717) is 12.0 Å². The molecule has 0 aliphatic carbocycles. The Bertz CT molecular complexity index is 694. The lowest BCUT2D eigenvalue weighted by Crippen LogP contribution is -2.46. The number of nitrogens with zero attached hydrogens (tertiary/aromatic N) is 2. The van der Waals surface area contributed by atoms with Crippen molar-refractivity contribution in [2.75, 3.05) is 29.5 Å². The predicted molar refractivity (Wildman–Crippen MR) is 94.1 cm³/mol. The molecule has 0 spiro atoms. The molecule has 2 aliphatic heterocycles. The molecular formula is C17H25N3O3S. The molecule has 2 aliphatic rings. The van der Waals surface area contributed by atoms with Crippen LogP contribution in [0, 0.1) is 0 Å². The van der Waals surface area contributed by atoms with E-state index in [4.69, 9.17) is 0 Å². The quantitative estimate of drug-likeness (QED) is 0.898. The van der Waals surface area contributed by atoms with Crippen molar-refractivity contribution in [3.05, 3.63) is 23.9 Å². The lowest BCUT2D eigenvalue weighted by atomic mass is 10.0. The maximum absolute atomic E-state index is 12.4. The van der Waals surface area contributed by atoms with Crippen molar-refractivity contribution >= 4 is 21.6 Å². The number of hydrogen-bond donors (Lipinski definition) is 1. The summed E-state index contributed by atoms with van der Waals surface area (Å²) in [6, 6.07) is 3.66.